The molecule has 26 heavy (non-hydrogen) atoms. The fourth-order valence-electron chi connectivity index (χ4n) is 2.55. The first-order valence-corrected chi connectivity index (χ1v) is 7.51. The fourth-order valence-corrected chi connectivity index (χ4v) is 2.55. The van der Waals surface area contributed by atoms with Gasteiger partial charge in [-0.2, -0.15) is 0 Å². The van der Waals surface area contributed by atoms with Crippen LogP contribution in [0, 0.1) is 10.1 Å². The highest BCUT2D eigenvalue weighted by atomic mass is 16.6. The second kappa shape index (κ2) is 6.63. The van der Waals surface area contributed by atoms with Gasteiger partial charge in [-0.3, -0.25) is 24.3 Å². The van der Waals surface area contributed by atoms with Gasteiger partial charge in [0.1, 0.15) is 17.0 Å². The van der Waals surface area contributed by atoms with Crippen LogP contribution in [0.25, 0.3) is 11.0 Å². The smallest absolute Gasteiger partial charge is 0.273 e. The Bertz CT molecular complexity index is 1090. The van der Waals surface area contributed by atoms with Crippen LogP contribution in [0.3, 0.4) is 0 Å². The Hall–Kier alpha value is -3.75. The molecular formula is C17H14N4O5. The molecule has 1 amide bonds. The summed E-state index contributed by atoms with van der Waals surface area (Å²) in [5.74, 6) is -0.532. The molecule has 1 N–H and O–H groups in total. The van der Waals surface area contributed by atoms with Crippen molar-refractivity contribution in [1.29, 1.82) is 0 Å². The van der Waals surface area contributed by atoms with Crippen LogP contribution in [-0.4, -0.2) is 27.5 Å². The number of hydrogen-bond acceptors (Lipinski definition) is 6. The highest BCUT2D eigenvalue weighted by Crippen LogP contribution is 2.29. The van der Waals surface area contributed by atoms with E-state index < -0.39 is 16.4 Å². The molecule has 0 atom stereocenters. The molecule has 0 bridgehead atoms. The first-order valence-electron chi connectivity index (χ1n) is 7.51. The van der Waals surface area contributed by atoms with Crippen molar-refractivity contribution in [2.24, 2.45) is 7.05 Å². The van der Waals surface area contributed by atoms with Gasteiger partial charge in [0.2, 0.25) is 0 Å². The van der Waals surface area contributed by atoms with Crippen LogP contribution in [0.5, 0.6) is 5.75 Å². The molecular weight excluding hydrogens is 340 g/mol. The van der Waals surface area contributed by atoms with Gasteiger partial charge in [0, 0.05) is 24.7 Å². The molecule has 0 aliphatic rings. The number of hydrogen-bond donors (Lipinski definition) is 1. The quantitative estimate of drug-likeness (QED) is 0.566. The minimum absolute atomic E-state index is 0.0756. The average molecular weight is 354 g/mol. The maximum atomic E-state index is 12.6. The third-order valence-corrected chi connectivity index (χ3v) is 3.86. The van der Waals surface area contributed by atoms with Gasteiger partial charge in [0.05, 0.1) is 23.8 Å². The van der Waals surface area contributed by atoms with Gasteiger partial charge < -0.3 is 10.1 Å². The summed E-state index contributed by atoms with van der Waals surface area (Å²) in [5, 5.41) is 14.0. The predicted molar refractivity (Wildman–Crippen MR) is 94.6 cm³/mol. The minimum Gasteiger partial charge on any atom is -0.494 e. The summed E-state index contributed by atoms with van der Waals surface area (Å²) in [6.07, 6.45) is 1.56. The van der Waals surface area contributed by atoms with Crippen molar-refractivity contribution in [3.8, 4) is 5.75 Å². The lowest BCUT2D eigenvalue weighted by Crippen LogP contribution is -2.28. The van der Waals surface area contributed by atoms with Crippen LogP contribution in [0.15, 0.2) is 47.4 Å². The summed E-state index contributed by atoms with van der Waals surface area (Å²) in [6.45, 7) is 0. The number of carbonyl (C=O) groups excluding carboxylic acids is 1. The van der Waals surface area contributed by atoms with Crippen LogP contribution in [-0.2, 0) is 7.05 Å². The number of rotatable bonds is 4. The Morgan fingerprint density at radius 2 is 2.08 bits per heavy atom. The number of anilines is 1. The molecule has 3 aromatic rings. The Balaban J connectivity index is 2.01. The maximum absolute atomic E-state index is 12.6. The standard InChI is InChI=1S/C17H14N4O5/c1-20-15-10(4-3-7-18-15)8-12(17(20)23)16(22)19-13-6-5-11(21(24)25)9-14(13)26-2/h3-9H,1-2H3,(H,19,22). The molecule has 2 heterocycles. The molecule has 2 aromatic heterocycles. The van der Waals surface area contributed by atoms with Crippen molar-refractivity contribution in [3.05, 3.63) is 68.6 Å². The van der Waals surface area contributed by atoms with E-state index >= 15 is 0 Å². The number of methoxy groups -OCH3 is 1. The number of non-ortho nitro benzene ring substituents is 1. The van der Waals surface area contributed by atoms with Gasteiger partial charge in [0.25, 0.3) is 17.2 Å². The summed E-state index contributed by atoms with van der Waals surface area (Å²) in [5.41, 5.74) is -0.0751. The predicted octanol–water partition coefficient (Wildman–Crippen LogP) is 2.10. The van der Waals surface area contributed by atoms with E-state index in [9.17, 15) is 19.7 Å². The number of pyridine rings is 2. The van der Waals surface area contributed by atoms with Gasteiger partial charge in [-0.05, 0) is 24.3 Å². The van der Waals surface area contributed by atoms with E-state index in [1.807, 2.05) is 0 Å². The van der Waals surface area contributed by atoms with Crippen LogP contribution >= 0.6 is 0 Å². The maximum Gasteiger partial charge on any atom is 0.273 e. The van der Waals surface area contributed by atoms with Gasteiger partial charge in [-0.25, -0.2) is 4.98 Å². The zero-order chi connectivity index (χ0) is 18.8. The molecule has 0 spiro atoms. The summed E-state index contributed by atoms with van der Waals surface area (Å²) in [6, 6.07) is 8.68. The highest BCUT2D eigenvalue weighted by Gasteiger charge is 2.18. The Labute approximate surface area is 147 Å². The van der Waals surface area contributed by atoms with E-state index in [4.69, 9.17) is 4.74 Å². The Morgan fingerprint density at radius 3 is 2.77 bits per heavy atom. The van der Waals surface area contributed by atoms with Crippen LogP contribution < -0.4 is 15.6 Å². The number of aromatic nitrogens is 2. The number of nitrogens with zero attached hydrogens (tertiary/aromatic N) is 3. The second-order valence-corrected chi connectivity index (χ2v) is 5.43. The normalized spacial score (nSPS) is 10.5. The largest absolute Gasteiger partial charge is 0.494 e. The lowest BCUT2D eigenvalue weighted by molar-refractivity contribution is -0.384. The van der Waals surface area contributed by atoms with E-state index in [0.717, 1.165) is 0 Å². The van der Waals surface area contributed by atoms with Crippen LogP contribution in [0.4, 0.5) is 11.4 Å². The van der Waals surface area contributed by atoms with E-state index in [-0.39, 0.29) is 22.7 Å². The van der Waals surface area contributed by atoms with Gasteiger partial charge in [-0.15, -0.1) is 0 Å². The zero-order valence-electron chi connectivity index (χ0n) is 13.9. The molecule has 0 aliphatic heterocycles. The molecule has 9 nitrogen and oxygen atoms in total. The van der Waals surface area contributed by atoms with Crippen molar-refractivity contribution >= 4 is 28.3 Å². The lowest BCUT2D eigenvalue weighted by Gasteiger charge is -2.11. The van der Waals surface area contributed by atoms with E-state index in [0.29, 0.717) is 11.0 Å². The Morgan fingerprint density at radius 1 is 1.31 bits per heavy atom. The number of ether oxygens (including phenoxy) is 1. The first-order chi connectivity index (χ1) is 12.4. The monoisotopic (exact) mass is 354 g/mol. The number of nitro groups is 1. The fraction of sp³-hybridized carbons (Fsp3) is 0.118. The summed E-state index contributed by atoms with van der Waals surface area (Å²) < 4.78 is 6.37. The third kappa shape index (κ3) is 2.97. The molecule has 0 saturated carbocycles. The summed E-state index contributed by atoms with van der Waals surface area (Å²) >= 11 is 0. The van der Waals surface area contributed by atoms with E-state index in [1.165, 1.54) is 43.0 Å². The van der Waals surface area contributed by atoms with Crippen molar-refractivity contribution in [1.82, 2.24) is 9.55 Å². The molecule has 0 unspecified atom stereocenters. The number of benzene rings is 1. The molecule has 0 saturated heterocycles. The van der Waals surface area contributed by atoms with Gasteiger partial charge in [-0.1, -0.05) is 0 Å². The van der Waals surface area contributed by atoms with Gasteiger partial charge >= 0.3 is 0 Å². The van der Waals surface area contributed by atoms with Crippen molar-refractivity contribution < 1.29 is 14.5 Å². The number of nitro benzene ring substituents is 1. The van der Waals surface area contributed by atoms with Gasteiger partial charge in [0.15, 0.2) is 0 Å². The van der Waals surface area contributed by atoms with E-state index in [1.54, 1.807) is 18.3 Å². The number of fused-ring (bicyclic) bond motifs is 1. The van der Waals surface area contributed by atoms with Crippen LogP contribution in [0.1, 0.15) is 10.4 Å². The molecule has 132 valence electrons. The van der Waals surface area contributed by atoms with Crippen molar-refractivity contribution in [2.75, 3.05) is 12.4 Å². The van der Waals surface area contributed by atoms with E-state index in [2.05, 4.69) is 10.3 Å². The minimum atomic E-state index is -0.650. The molecule has 1 aromatic carbocycles. The summed E-state index contributed by atoms with van der Waals surface area (Å²) in [7, 11) is 2.86. The van der Waals surface area contributed by atoms with Crippen molar-refractivity contribution in [2.45, 2.75) is 0 Å². The SMILES string of the molecule is COc1cc([N+](=O)[O-])ccc1NC(=O)c1cc2cccnc2n(C)c1=O. The first kappa shape index (κ1) is 17.1. The van der Waals surface area contributed by atoms with Crippen molar-refractivity contribution in [3.63, 3.8) is 0 Å². The number of aryl methyl sites for hydroxylation is 1. The highest BCUT2D eigenvalue weighted by molar-refractivity contribution is 6.06. The third-order valence-electron chi connectivity index (χ3n) is 3.86. The molecule has 3 rings (SSSR count). The Kier molecular flexibility index (Phi) is 4.36. The van der Waals surface area contributed by atoms with Crippen LogP contribution in [0.2, 0.25) is 0 Å². The topological polar surface area (TPSA) is 116 Å². The summed E-state index contributed by atoms with van der Waals surface area (Å²) in [4.78, 5) is 39.4. The molecule has 0 radical (unpaired) electrons. The molecule has 9 heteroatoms. The molecule has 0 aliphatic carbocycles. The number of amides is 1. The zero-order valence-corrected chi connectivity index (χ0v) is 13.9. The molecule has 0 fully saturated rings. The second-order valence-electron chi connectivity index (χ2n) is 5.43. The lowest BCUT2D eigenvalue weighted by atomic mass is 10.2. The number of carbonyl (C=O) groups is 1. The number of nitrogens with one attached hydrogen (secondary N) is 1. The average Bonchev–Trinajstić information content (AvgIpc) is 2.64.